The molecule has 2 N–H and O–H groups in total. The molecule has 8 heteroatoms. The molecule has 220 valence electrons. The van der Waals surface area contributed by atoms with Gasteiger partial charge in [-0.25, -0.2) is 9.59 Å². The summed E-state index contributed by atoms with van der Waals surface area (Å²) >= 11 is 0. The smallest absolute Gasteiger partial charge is 0.336 e. The second kappa shape index (κ2) is 12.7. The molecule has 0 bridgehead atoms. The quantitative estimate of drug-likeness (QED) is 0.304. The largest absolute Gasteiger partial charge is 0.478 e. The van der Waals surface area contributed by atoms with E-state index < -0.39 is 11.9 Å². The van der Waals surface area contributed by atoms with Crippen LogP contribution in [0.3, 0.4) is 0 Å². The number of rotatable bonds is 10. The van der Waals surface area contributed by atoms with Crippen molar-refractivity contribution >= 4 is 33.9 Å². The molecule has 3 heterocycles. The van der Waals surface area contributed by atoms with E-state index in [-0.39, 0.29) is 39.6 Å². The van der Waals surface area contributed by atoms with Crippen LogP contribution in [0.25, 0.3) is 21.9 Å². The minimum atomic E-state index is -1.12. The molecule has 2 atom stereocenters. The summed E-state index contributed by atoms with van der Waals surface area (Å²) in [6.45, 7) is 10.4. The van der Waals surface area contributed by atoms with Crippen LogP contribution >= 0.6 is 0 Å². The number of likely N-dealkylation sites (tertiary alicyclic amines) is 2. The van der Waals surface area contributed by atoms with Crippen LogP contribution in [-0.4, -0.2) is 71.2 Å². The molecule has 2 aliphatic heterocycles. The molecule has 2 saturated heterocycles. The maximum absolute atomic E-state index is 14.0. The molecule has 0 spiro atoms. The Morgan fingerprint density at radius 2 is 1.34 bits per heavy atom. The first-order valence-corrected chi connectivity index (χ1v) is 15.2. The van der Waals surface area contributed by atoms with Crippen LogP contribution in [0, 0.1) is 11.8 Å². The minimum absolute atomic E-state index is 0.0111. The molecule has 2 unspecified atom stereocenters. The van der Waals surface area contributed by atoms with Crippen molar-refractivity contribution in [1.82, 2.24) is 9.80 Å². The van der Waals surface area contributed by atoms with Gasteiger partial charge in [0.2, 0.25) is 5.43 Å². The Morgan fingerprint density at radius 1 is 0.780 bits per heavy atom. The van der Waals surface area contributed by atoms with E-state index in [0.717, 1.165) is 50.4 Å². The molecule has 0 amide bonds. The highest BCUT2D eigenvalue weighted by Crippen LogP contribution is 2.32. The number of hydrogen-bond donors (Lipinski definition) is 2. The van der Waals surface area contributed by atoms with Crippen LogP contribution in [0.1, 0.15) is 84.2 Å². The number of carboxylic acids is 2. The van der Waals surface area contributed by atoms with Crippen LogP contribution in [0.15, 0.2) is 33.5 Å². The third-order valence-electron chi connectivity index (χ3n) is 8.81. The van der Waals surface area contributed by atoms with Gasteiger partial charge in [0.05, 0.1) is 21.9 Å². The van der Waals surface area contributed by atoms with Crippen LogP contribution < -0.4 is 5.43 Å². The molecular weight excluding hydrogens is 520 g/mol. The summed E-state index contributed by atoms with van der Waals surface area (Å²) in [6, 6.07) is 5.74. The average molecular weight is 563 g/mol. The Morgan fingerprint density at radius 3 is 1.88 bits per heavy atom. The lowest BCUT2D eigenvalue weighted by atomic mass is 9.85. The number of benzene rings is 2. The molecule has 5 rings (SSSR count). The number of carboxylic acid groups (broad SMARTS) is 2. The normalized spacial score (nSPS) is 18.5. The van der Waals surface area contributed by atoms with E-state index in [2.05, 4.69) is 23.6 Å². The molecule has 41 heavy (non-hydrogen) atoms. The fraction of sp³-hybridized carbons (Fsp3) is 0.545. The van der Waals surface area contributed by atoms with Crippen molar-refractivity contribution < 1.29 is 24.2 Å². The van der Waals surface area contributed by atoms with Gasteiger partial charge in [-0.15, -0.1) is 0 Å². The van der Waals surface area contributed by atoms with Gasteiger partial charge in [0.15, 0.2) is 0 Å². The minimum Gasteiger partial charge on any atom is -0.478 e. The zero-order chi connectivity index (χ0) is 29.1. The zero-order valence-electron chi connectivity index (χ0n) is 24.3. The zero-order valence-corrected chi connectivity index (χ0v) is 24.3. The van der Waals surface area contributed by atoms with Crippen LogP contribution in [0.2, 0.25) is 0 Å². The molecule has 0 saturated carbocycles. The molecule has 2 aliphatic rings. The summed E-state index contributed by atoms with van der Waals surface area (Å²) in [6.07, 6.45) is 8.43. The predicted molar refractivity (Wildman–Crippen MR) is 160 cm³/mol. The molecule has 2 fully saturated rings. The highest BCUT2D eigenvalue weighted by molar-refractivity contribution is 6.00. The van der Waals surface area contributed by atoms with E-state index in [1.165, 1.54) is 62.8 Å². The highest BCUT2D eigenvalue weighted by atomic mass is 16.4. The molecule has 0 aliphatic carbocycles. The molecular formula is C33H42N2O6. The van der Waals surface area contributed by atoms with Crippen molar-refractivity contribution in [1.29, 1.82) is 0 Å². The average Bonchev–Trinajstić information content (AvgIpc) is 2.94. The Labute approximate surface area is 240 Å². The van der Waals surface area contributed by atoms with Crippen LogP contribution in [0.5, 0.6) is 0 Å². The Bertz CT molecular complexity index is 1480. The van der Waals surface area contributed by atoms with Gasteiger partial charge in [0, 0.05) is 13.1 Å². The first-order chi connectivity index (χ1) is 19.7. The van der Waals surface area contributed by atoms with Crippen LogP contribution in [0.4, 0.5) is 0 Å². The number of hydrogen-bond acceptors (Lipinski definition) is 6. The van der Waals surface area contributed by atoms with Crippen molar-refractivity contribution in [3.63, 3.8) is 0 Å². The second-order valence-electron chi connectivity index (χ2n) is 12.3. The van der Waals surface area contributed by atoms with Crippen molar-refractivity contribution in [2.45, 2.75) is 65.2 Å². The van der Waals surface area contributed by atoms with E-state index >= 15 is 0 Å². The van der Waals surface area contributed by atoms with Gasteiger partial charge in [-0.3, -0.25) is 4.79 Å². The van der Waals surface area contributed by atoms with Crippen LogP contribution in [-0.2, 0) is 12.8 Å². The van der Waals surface area contributed by atoms with Gasteiger partial charge < -0.3 is 24.4 Å². The lowest BCUT2D eigenvalue weighted by Crippen LogP contribution is -2.35. The fourth-order valence-corrected chi connectivity index (χ4v) is 6.90. The summed E-state index contributed by atoms with van der Waals surface area (Å²) < 4.78 is 6.12. The topological polar surface area (TPSA) is 111 Å². The first-order valence-electron chi connectivity index (χ1n) is 15.2. The number of piperidine rings is 2. The molecule has 3 aromatic rings. The van der Waals surface area contributed by atoms with Gasteiger partial charge in [0.1, 0.15) is 11.2 Å². The maximum atomic E-state index is 14.0. The standard InChI is InChI=1S/C33H42N2O6/c1-21(19-34-11-5-3-6-12-34)15-25-26(16-22(2)20-35-13-7-4-8-14-35)30-29(18-27(25)33(39)40)41-28-17-23(32(37)38)9-10-24(28)31(30)36/h9-10,17-18,21-22H,3-8,11-16,19-20H2,1-2H3,(H,37,38)(H,39,40). The molecule has 0 radical (unpaired) electrons. The predicted octanol–water partition coefficient (Wildman–Crippen LogP) is 5.67. The van der Waals surface area contributed by atoms with E-state index in [4.69, 9.17) is 4.42 Å². The number of aromatic carboxylic acids is 2. The summed E-state index contributed by atoms with van der Waals surface area (Å²) in [5.41, 5.74) is 1.80. The first kappa shape index (κ1) is 29.3. The number of carbonyl (C=O) groups is 2. The molecule has 2 aromatic carbocycles. The van der Waals surface area contributed by atoms with E-state index in [0.29, 0.717) is 23.6 Å². The third kappa shape index (κ3) is 6.65. The Kier molecular flexibility index (Phi) is 9.09. The Hall–Kier alpha value is -3.23. The second-order valence-corrected chi connectivity index (χ2v) is 12.3. The SMILES string of the molecule is CC(Cc1c(C(=O)O)cc2oc3cc(C(=O)O)ccc3c(=O)c2c1CC(C)CN1CCCCC1)CN1CCCCC1. The maximum Gasteiger partial charge on any atom is 0.336 e. The third-order valence-corrected chi connectivity index (χ3v) is 8.81. The summed E-state index contributed by atoms with van der Waals surface area (Å²) in [5, 5.41) is 20.6. The van der Waals surface area contributed by atoms with E-state index in [1.54, 1.807) is 0 Å². The summed E-state index contributed by atoms with van der Waals surface area (Å²) in [7, 11) is 0. The molecule has 1 aromatic heterocycles. The van der Waals surface area contributed by atoms with Crippen molar-refractivity contribution in [2.24, 2.45) is 11.8 Å². The lowest BCUT2D eigenvalue weighted by molar-refractivity contribution is 0.0685. The van der Waals surface area contributed by atoms with Crippen molar-refractivity contribution in [3.8, 4) is 0 Å². The fourth-order valence-electron chi connectivity index (χ4n) is 6.90. The van der Waals surface area contributed by atoms with E-state index in [1.807, 2.05) is 0 Å². The Balaban J connectivity index is 1.62. The van der Waals surface area contributed by atoms with Gasteiger partial charge in [0.25, 0.3) is 0 Å². The van der Waals surface area contributed by atoms with E-state index in [9.17, 15) is 24.6 Å². The number of fused-ring (bicyclic) bond motifs is 2. The van der Waals surface area contributed by atoms with Crippen molar-refractivity contribution in [2.75, 3.05) is 39.3 Å². The number of nitrogens with zero attached hydrogens (tertiary/aromatic N) is 2. The summed E-state index contributed by atoms with van der Waals surface area (Å²) in [5.74, 6) is -1.74. The summed E-state index contributed by atoms with van der Waals surface area (Å²) in [4.78, 5) is 43.2. The monoisotopic (exact) mass is 562 g/mol. The van der Waals surface area contributed by atoms with Gasteiger partial charge >= 0.3 is 11.9 Å². The highest BCUT2D eigenvalue weighted by Gasteiger charge is 2.26. The van der Waals surface area contributed by atoms with Gasteiger partial charge in [-0.2, -0.15) is 0 Å². The van der Waals surface area contributed by atoms with Gasteiger partial charge in [-0.1, -0.05) is 26.7 Å². The van der Waals surface area contributed by atoms with Gasteiger partial charge in [-0.05, 0) is 112 Å². The molecule has 8 nitrogen and oxygen atoms in total. The lowest BCUT2D eigenvalue weighted by Gasteiger charge is -2.31. The van der Waals surface area contributed by atoms with Crippen molar-refractivity contribution in [3.05, 3.63) is 56.7 Å².